The third-order valence-corrected chi connectivity index (χ3v) is 4.18. The van der Waals surface area contributed by atoms with Crippen LogP contribution < -0.4 is 5.32 Å². The Balaban J connectivity index is 1.64. The minimum atomic E-state index is -0.655. The zero-order valence-electron chi connectivity index (χ0n) is 13.9. The fourth-order valence-corrected chi connectivity index (χ4v) is 2.70. The fraction of sp³-hybridized carbons (Fsp3) is 0.100. The Morgan fingerprint density at radius 1 is 1.00 bits per heavy atom. The maximum absolute atomic E-state index is 12.5. The van der Waals surface area contributed by atoms with Gasteiger partial charge in [0, 0.05) is 23.5 Å². The number of hydrogen-bond donors (Lipinski definition) is 2. The summed E-state index contributed by atoms with van der Waals surface area (Å²) in [5, 5.41) is 12.7. The Bertz CT molecular complexity index is 915. The molecule has 0 radical (unpaired) electrons. The number of amides is 1. The summed E-state index contributed by atoms with van der Waals surface area (Å²) in [5.74, 6) is -1.13. The van der Waals surface area contributed by atoms with Gasteiger partial charge in [-0.15, -0.1) is 0 Å². The van der Waals surface area contributed by atoms with Crippen molar-refractivity contribution >= 4 is 23.3 Å². The number of benzene rings is 2. The number of phenols is 1. The molecular weight excluding hydrogens is 352 g/mol. The lowest BCUT2D eigenvalue weighted by molar-refractivity contribution is -0.117. The number of ketones is 1. The molecule has 1 aromatic heterocycles. The summed E-state index contributed by atoms with van der Waals surface area (Å²) >= 11 is 5.84. The van der Waals surface area contributed by atoms with Crippen LogP contribution in [0.4, 0.5) is 0 Å². The van der Waals surface area contributed by atoms with Gasteiger partial charge >= 0.3 is 0 Å². The van der Waals surface area contributed by atoms with E-state index >= 15 is 0 Å². The van der Waals surface area contributed by atoms with E-state index < -0.39 is 11.7 Å². The van der Waals surface area contributed by atoms with Crippen molar-refractivity contribution in [2.24, 2.45) is 0 Å². The van der Waals surface area contributed by atoms with E-state index in [1.165, 1.54) is 12.1 Å². The van der Waals surface area contributed by atoms with E-state index in [0.717, 1.165) is 5.56 Å². The van der Waals surface area contributed by atoms with Gasteiger partial charge in [0.25, 0.3) is 11.7 Å². The average molecular weight is 369 g/mol. The van der Waals surface area contributed by atoms with Crippen molar-refractivity contribution < 1.29 is 14.7 Å². The van der Waals surface area contributed by atoms with Crippen LogP contribution in [0.25, 0.3) is 5.69 Å². The van der Waals surface area contributed by atoms with Gasteiger partial charge in [-0.1, -0.05) is 23.7 Å². The summed E-state index contributed by atoms with van der Waals surface area (Å²) in [5.41, 5.74) is 1.97. The van der Waals surface area contributed by atoms with Crippen molar-refractivity contribution in [2.75, 3.05) is 6.54 Å². The molecule has 3 aromatic rings. The second kappa shape index (κ2) is 7.89. The highest BCUT2D eigenvalue weighted by Gasteiger charge is 2.19. The second-order valence-corrected chi connectivity index (χ2v) is 6.18. The lowest BCUT2D eigenvalue weighted by Crippen LogP contribution is -2.33. The van der Waals surface area contributed by atoms with Crippen LogP contribution >= 0.6 is 11.6 Å². The smallest absolute Gasteiger partial charge is 0.294 e. The summed E-state index contributed by atoms with van der Waals surface area (Å²) in [6.45, 7) is 0.353. The summed E-state index contributed by atoms with van der Waals surface area (Å²) in [6.07, 6.45) is 2.30. The number of halogens is 1. The average Bonchev–Trinajstić information content (AvgIpc) is 3.13. The Labute approximate surface area is 155 Å². The van der Waals surface area contributed by atoms with Crippen LogP contribution in [0.5, 0.6) is 5.75 Å². The van der Waals surface area contributed by atoms with Gasteiger partial charge in [-0.3, -0.25) is 9.59 Å². The van der Waals surface area contributed by atoms with Crippen molar-refractivity contribution in [3.05, 3.63) is 83.1 Å². The van der Waals surface area contributed by atoms with Gasteiger partial charge in [0.2, 0.25) is 0 Å². The van der Waals surface area contributed by atoms with Crippen molar-refractivity contribution in [1.29, 1.82) is 0 Å². The molecule has 0 spiro atoms. The van der Waals surface area contributed by atoms with E-state index in [9.17, 15) is 14.7 Å². The zero-order valence-corrected chi connectivity index (χ0v) is 14.6. The highest BCUT2D eigenvalue weighted by Crippen LogP contribution is 2.17. The van der Waals surface area contributed by atoms with Crippen LogP contribution in [0.3, 0.4) is 0 Å². The van der Waals surface area contributed by atoms with E-state index in [4.69, 9.17) is 11.6 Å². The molecule has 0 unspecified atom stereocenters. The number of nitrogens with zero attached hydrogens (tertiary/aromatic N) is 1. The molecule has 132 valence electrons. The quantitative estimate of drug-likeness (QED) is 0.517. The van der Waals surface area contributed by atoms with Crippen LogP contribution in [0.2, 0.25) is 5.02 Å². The first-order valence-corrected chi connectivity index (χ1v) is 8.46. The number of nitrogens with one attached hydrogen (secondary N) is 1. The van der Waals surface area contributed by atoms with Gasteiger partial charge in [0.1, 0.15) is 5.75 Å². The van der Waals surface area contributed by atoms with Gasteiger partial charge in [-0.25, -0.2) is 0 Å². The van der Waals surface area contributed by atoms with E-state index in [2.05, 4.69) is 5.32 Å². The molecule has 1 amide bonds. The number of aromatic nitrogens is 1. The molecule has 2 aromatic carbocycles. The third-order valence-electron chi connectivity index (χ3n) is 3.93. The molecule has 0 aliphatic rings. The number of aromatic hydroxyl groups is 1. The normalized spacial score (nSPS) is 10.5. The van der Waals surface area contributed by atoms with Gasteiger partial charge in [0.05, 0.1) is 5.69 Å². The molecular formula is C20H17ClN2O3. The molecule has 2 N–H and O–H groups in total. The highest BCUT2D eigenvalue weighted by molar-refractivity contribution is 6.42. The number of carbonyl (C=O) groups is 2. The number of phenolic OH excluding ortho intramolecular Hbond substituents is 1. The molecule has 0 saturated heterocycles. The predicted molar refractivity (Wildman–Crippen MR) is 99.9 cm³/mol. The number of Topliss-reactive ketones (excluding diaryl/α,β-unsaturated/α-hetero) is 1. The van der Waals surface area contributed by atoms with Crippen molar-refractivity contribution in [1.82, 2.24) is 9.88 Å². The lowest BCUT2D eigenvalue weighted by atomic mass is 10.1. The largest absolute Gasteiger partial charge is 0.508 e. The van der Waals surface area contributed by atoms with Crippen LogP contribution in [0.15, 0.2) is 66.9 Å². The number of hydrogen-bond acceptors (Lipinski definition) is 3. The summed E-state index contributed by atoms with van der Waals surface area (Å²) < 4.78 is 1.61. The maximum atomic E-state index is 12.5. The van der Waals surface area contributed by atoms with Gasteiger partial charge in [-0.2, -0.15) is 0 Å². The molecule has 0 aliphatic heterocycles. The summed E-state index contributed by atoms with van der Waals surface area (Å²) in [7, 11) is 0. The Hall–Kier alpha value is -3.05. The van der Waals surface area contributed by atoms with E-state index in [0.29, 0.717) is 23.7 Å². The minimum Gasteiger partial charge on any atom is -0.508 e. The first-order chi connectivity index (χ1) is 12.5. The van der Waals surface area contributed by atoms with Crippen molar-refractivity contribution in [3.8, 4) is 11.4 Å². The molecule has 0 aliphatic carbocycles. The SMILES string of the molecule is O=C(NCCc1ccc(Cl)cc1)C(=O)c1cccn1-c1ccc(O)cc1. The zero-order chi connectivity index (χ0) is 18.5. The van der Waals surface area contributed by atoms with Crippen molar-refractivity contribution in [2.45, 2.75) is 6.42 Å². The van der Waals surface area contributed by atoms with Crippen molar-refractivity contribution in [3.63, 3.8) is 0 Å². The Kier molecular flexibility index (Phi) is 5.39. The summed E-state index contributed by atoms with van der Waals surface area (Å²) in [4.78, 5) is 24.6. The first kappa shape index (κ1) is 17.8. The number of carbonyl (C=O) groups excluding carboxylic acids is 2. The lowest BCUT2D eigenvalue weighted by Gasteiger charge is -2.09. The molecule has 0 saturated carbocycles. The molecule has 6 heteroatoms. The molecule has 1 heterocycles. The fourth-order valence-electron chi connectivity index (χ4n) is 2.57. The molecule has 0 atom stereocenters. The maximum Gasteiger partial charge on any atom is 0.294 e. The Morgan fingerprint density at radius 2 is 1.69 bits per heavy atom. The predicted octanol–water partition coefficient (Wildman–Crippen LogP) is 3.38. The van der Waals surface area contributed by atoms with Crippen LogP contribution in [-0.4, -0.2) is 27.9 Å². The van der Waals surface area contributed by atoms with Gasteiger partial charge < -0.3 is 15.0 Å². The monoisotopic (exact) mass is 368 g/mol. The first-order valence-electron chi connectivity index (χ1n) is 8.08. The molecule has 3 rings (SSSR count). The molecule has 0 bridgehead atoms. The van der Waals surface area contributed by atoms with Crippen LogP contribution in [0, 0.1) is 0 Å². The molecule has 0 fully saturated rings. The minimum absolute atomic E-state index is 0.133. The summed E-state index contributed by atoms with van der Waals surface area (Å²) in [6, 6.07) is 17.0. The standard InChI is InChI=1S/C20H17ClN2O3/c21-15-5-3-14(4-6-15)11-12-22-20(26)19(25)18-2-1-13-23(18)16-7-9-17(24)10-8-16/h1-10,13,24H,11-12H2,(H,22,26). The topological polar surface area (TPSA) is 71.3 Å². The third kappa shape index (κ3) is 4.13. The second-order valence-electron chi connectivity index (χ2n) is 5.74. The Morgan fingerprint density at radius 3 is 2.38 bits per heavy atom. The van der Waals surface area contributed by atoms with Gasteiger partial charge in [0.15, 0.2) is 0 Å². The number of rotatable bonds is 6. The van der Waals surface area contributed by atoms with E-state index in [1.54, 1.807) is 47.2 Å². The highest BCUT2D eigenvalue weighted by atomic mass is 35.5. The van der Waals surface area contributed by atoms with E-state index in [-0.39, 0.29) is 11.4 Å². The van der Waals surface area contributed by atoms with Crippen LogP contribution in [-0.2, 0) is 11.2 Å². The molecule has 26 heavy (non-hydrogen) atoms. The molecule has 5 nitrogen and oxygen atoms in total. The van der Waals surface area contributed by atoms with E-state index in [1.807, 2.05) is 12.1 Å². The van der Waals surface area contributed by atoms with Gasteiger partial charge in [-0.05, 0) is 60.5 Å². The van der Waals surface area contributed by atoms with Crippen LogP contribution in [0.1, 0.15) is 16.1 Å².